The van der Waals surface area contributed by atoms with Crippen molar-refractivity contribution in [3.8, 4) is 51.3 Å². The Labute approximate surface area is 210 Å². The van der Waals surface area contributed by atoms with Crippen molar-refractivity contribution in [2.24, 2.45) is 0 Å². The minimum Gasteiger partial charge on any atom is -0.501 e. The number of aromatic amines is 1. The molecule has 2 aromatic carbocycles. The number of carboxylic acids is 1. The number of H-pyrrole nitrogens is 1. The van der Waals surface area contributed by atoms with Crippen molar-refractivity contribution in [3.63, 3.8) is 0 Å². The van der Waals surface area contributed by atoms with E-state index >= 15 is 0 Å². The van der Waals surface area contributed by atoms with Crippen LogP contribution in [0.2, 0.25) is 0 Å². The molecular formula is C27H23N3O7. The SMILES string of the molecule is COc1ccc(-c2nc(-c3cn(CC(=O)O)c4ccc(OC)cc34)[nH]c2-c2oc(C)cc(=O)c2O)cc1. The molecule has 3 aromatic heterocycles. The van der Waals surface area contributed by atoms with E-state index in [4.69, 9.17) is 18.9 Å². The number of aliphatic carboxylic acids is 1. The molecule has 0 spiro atoms. The molecule has 10 heteroatoms. The molecule has 0 radical (unpaired) electrons. The fourth-order valence-electron chi connectivity index (χ4n) is 4.26. The number of imidazole rings is 1. The van der Waals surface area contributed by atoms with E-state index in [2.05, 4.69) is 4.98 Å². The third kappa shape index (κ3) is 4.29. The number of carbonyl (C=O) groups is 1. The van der Waals surface area contributed by atoms with Crippen LogP contribution in [0.5, 0.6) is 17.2 Å². The number of carboxylic acid groups (broad SMARTS) is 1. The summed E-state index contributed by atoms with van der Waals surface area (Å²) in [6.45, 7) is 1.36. The molecule has 0 aliphatic carbocycles. The molecular weight excluding hydrogens is 478 g/mol. The molecule has 3 N–H and O–H groups in total. The number of nitrogens with zero attached hydrogens (tertiary/aromatic N) is 2. The summed E-state index contributed by atoms with van der Waals surface area (Å²) in [6, 6.07) is 13.7. The van der Waals surface area contributed by atoms with Crippen molar-refractivity contribution in [2.75, 3.05) is 14.2 Å². The Balaban J connectivity index is 1.79. The number of hydrogen-bond acceptors (Lipinski definition) is 7. The van der Waals surface area contributed by atoms with Crippen molar-refractivity contribution >= 4 is 16.9 Å². The topological polar surface area (TPSA) is 140 Å². The van der Waals surface area contributed by atoms with E-state index in [9.17, 15) is 19.8 Å². The number of aryl methyl sites for hydroxylation is 1. The molecule has 0 unspecified atom stereocenters. The van der Waals surface area contributed by atoms with E-state index in [-0.39, 0.29) is 12.3 Å². The minimum absolute atomic E-state index is 0.0542. The van der Waals surface area contributed by atoms with Gasteiger partial charge in [0.25, 0.3) is 0 Å². The molecule has 0 atom stereocenters. The van der Waals surface area contributed by atoms with Crippen LogP contribution in [0.25, 0.3) is 45.0 Å². The van der Waals surface area contributed by atoms with E-state index in [0.717, 1.165) is 0 Å². The van der Waals surface area contributed by atoms with Gasteiger partial charge in [0.2, 0.25) is 11.2 Å². The Hall–Kier alpha value is -4.99. The highest BCUT2D eigenvalue weighted by Gasteiger charge is 2.24. The van der Waals surface area contributed by atoms with Crippen LogP contribution < -0.4 is 14.9 Å². The summed E-state index contributed by atoms with van der Waals surface area (Å²) in [5.41, 5.74) is 2.08. The fourth-order valence-corrected chi connectivity index (χ4v) is 4.26. The largest absolute Gasteiger partial charge is 0.501 e. The maximum Gasteiger partial charge on any atom is 0.323 e. The highest BCUT2D eigenvalue weighted by Crippen LogP contribution is 2.39. The molecule has 5 rings (SSSR count). The molecule has 10 nitrogen and oxygen atoms in total. The summed E-state index contributed by atoms with van der Waals surface area (Å²) >= 11 is 0. The molecule has 0 aliphatic heterocycles. The Morgan fingerprint density at radius 1 is 1.08 bits per heavy atom. The number of hydrogen-bond donors (Lipinski definition) is 3. The predicted octanol–water partition coefficient (Wildman–Crippen LogP) is 4.43. The fraction of sp³-hybridized carbons (Fsp3) is 0.148. The smallest absolute Gasteiger partial charge is 0.323 e. The van der Waals surface area contributed by atoms with Gasteiger partial charge in [-0.15, -0.1) is 0 Å². The lowest BCUT2D eigenvalue weighted by molar-refractivity contribution is -0.137. The first-order chi connectivity index (χ1) is 17.8. The van der Waals surface area contributed by atoms with Crippen LogP contribution in [0.15, 0.2) is 63.9 Å². The number of aromatic hydroxyl groups is 1. The van der Waals surface area contributed by atoms with E-state index in [0.29, 0.717) is 56.5 Å². The molecule has 37 heavy (non-hydrogen) atoms. The highest BCUT2D eigenvalue weighted by molar-refractivity contribution is 5.97. The Bertz CT molecular complexity index is 1690. The lowest BCUT2D eigenvalue weighted by Gasteiger charge is -2.06. The molecule has 0 bridgehead atoms. The lowest BCUT2D eigenvalue weighted by atomic mass is 10.1. The zero-order valence-corrected chi connectivity index (χ0v) is 20.2. The molecule has 0 saturated carbocycles. The van der Waals surface area contributed by atoms with Crippen LogP contribution in [-0.4, -0.2) is 44.9 Å². The average Bonchev–Trinajstić information content (AvgIpc) is 3.47. The van der Waals surface area contributed by atoms with E-state index in [1.54, 1.807) is 74.4 Å². The summed E-state index contributed by atoms with van der Waals surface area (Å²) in [4.78, 5) is 31.9. The maximum absolute atomic E-state index is 12.4. The summed E-state index contributed by atoms with van der Waals surface area (Å²) in [6.07, 6.45) is 1.69. The van der Waals surface area contributed by atoms with Gasteiger partial charge >= 0.3 is 5.97 Å². The first-order valence-corrected chi connectivity index (χ1v) is 11.3. The molecule has 0 aliphatic rings. The van der Waals surface area contributed by atoms with Gasteiger partial charge in [0.05, 0.1) is 14.2 Å². The lowest BCUT2D eigenvalue weighted by Crippen LogP contribution is -2.07. The van der Waals surface area contributed by atoms with Crippen LogP contribution in [0.1, 0.15) is 5.76 Å². The number of nitrogens with one attached hydrogen (secondary N) is 1. The Kier molecular flexibility index (Phi) is 5.92. The summed E-state index contributed by atoms with van der Waals surface area (Å²) in [5, 5.41) is 20.7. The number of benzene rings is 2. The zero-order chi connectivity index (χ0) is 26.3. The molecule has 5 aromatic rings. The van der Waals surface area contributed by atoms with Crippen molar-refractivity contribution in [2.45, 2.75) is 13.5 Å². The maximum atomic E-state index is 12.4. The number of aromatic nitrogens is 3. The van der Waals surface area contributed by atoms with Gasteiger partial charge < -0.3 is 33.7 Å². The number of ether oxygens (including phenoxy) is 2. The molecule has 0 saturated heterocycles. The Morgan fingerprint density at radius 2 is 1.78 bits per heavy atom. The molecule has 3 heterocycles. The number of methoxy groups -OCH3 is 2. The standard InChI is InChI=1S/C27H23N3O7/c1-14-10-21(31)25(34)26(37-14)24-23(15-4-6-16(35-2)7-5-15)28-27(29-24)19-12-30(13-22(32)33)20-9-8-17(36-3)11-18(19)20/h4-12,34H,13H2,1-3H3,(H,28,29)(H,32,33). The van der Waals surface area contributed by atoms with Crippen LogP contribution >= 0.6 is 0 Å². The second-order valence-electron chi connectivity index (χ2n) is 8.38. The van der Waals surface area contributed by atoms with Gasteiger partial charge in [-0.05, 0) is 49.4 Å². The molecule has 188 valence electrons. The number of rotatable bonds is 7. The van der Waals surface area contributed by atoms with Gasteiger partial charge in [0.1, 0.15) is 41.0 Å². The second kappa shape index (κ2) is 9.23. The zero-order valence-electron chi connectivity index (χ0n) is 20.2. The van der Waals surface area contributed by atoms with Crippen LogP contribution in [0.4, 0.5) is 0 Å². The average molecular weight is 501 g/mol. The van der Waals surface area contributed by atoms with E-state index < -0.39 is 17.1 Å². The van der Waals surface area contributed by atoms with Gasteiger partial charge in [0.15, 0.2) is 5.76 Å². The van der Waals surface area contributed by atoms with Crippen molar-refractivity contribution in [3.05, 3.63) is 70.7 Å². The van der Waals surface area contributed by atoms with E-state index in [1.165, 1.54) is 6.07 Å². The minimum atomic E-state index is -0.996. The van der Waals surface area contributed by atoms with Gasteiger partial charge in [-0.2, -0.15) is 0 Å². The Morgan fingerprint density at radius 3 is 2.46 bits per heavy atom. The molecule has 0 amide bonds. The highest BCUT2D eigenvalue weighted by atomic mass is 16.5. The van der Waals surface area contributed by atoms with E-state index in [1.807, 2.05) is 0 Å². The third-order valence-corrected chi connectivity index (χ3v) is 5.99. The first-order valence-electron chi connectivity index (χ1n) is 11.3. The van der Waals surface area contributed by atoms with Crippen LogP contribution in [-0.2, 0) is 11.3 Å². The third-order valence-electron chi connectivity index (χ3n) is 5.99. The summed E-state index contributed by atoms with van der Waals surface area (Å²) in [5.74, 6) is 0.335. The monoisotopic (exact) mass is 501 g/mol. The normalized spacial score (nSPS) is 11.1. The van der Waals surface area contributed by atoms with Crippen molar-refractivity contribution in [1.82, 2.24) is 14.5 Å². The van der Waals surface area contributed by atoms with Crippen molar-refractivity contribution < 1.29 is 28.9 Å². The summed E-state index contributed by atoms with van der Waals surface area (Å²) < 4.78 is 18.0. The number of fused-ring (bicyclic) bond motifs is 1. The first kappa shape index (κ1) is 23.7. The van der Waals surface area contributed by atoms with Crippen molar-refractivity contribution in [1.29, 1.82) is 0 Å². The second-order valence-corrected chi connectivity index (χ2v) is 8.38. The van der Waals surface area contributed by atoms with Gasteiger partial charge in [0, 0.05) is 34.3 Å². The molecule has 0 fully saturated rings. The quantitative estimate of drug-likeness (QED) is 0.297. The predicted molar refractivity (Wildman–Crippen MR) is 136 cm³/mol. The van der Waals surface area contributed by atoms with Gasteiger partial charge in [-0.25, -0.2) is 4.98 Å². The van der Waals surface area contributed by atoms with Crippen LogP contribution in [0.3, 0.4) is 0 Å². The van der Waals surface area contributed by atoms with Crippen LogP contribution in [0, 0.1) is 6.92 Å². The van der Waals surface area contributed by atoms with Gasteiger partial charge in [-0.3, -0.25) is 9.59 Å². The van der Waals surface area contributed by atoms with Gasteiger partial charge in [-0.1, -0.05) is 0 Å². The summed E-state index contributed by atoms with van der Waals surface area (Å²) in [7, 11) is 3.11.